The van der Waals surface area contributed by atoms with Crippen LogP contribution in [-0.4, -0.2) is 24.2 Å². The van der Waals surface area contributed by atoms with Crippen molar-refractivity contribution in [3.63, 3.8) is 0 Å². The van der Waals surface area contributed by atoms with E-state index in [1.165, 1.54) is 0 Å². The summed E-state index contributed by atoms with van der Waals surface area (Å²) < 4.78 is 0. The maximum absolute atomic E-state index is 11.7. The van der Waals surface area contributed by atoms with Gasteiger partial charge in [0.1, 0.15) is 0 Å². The standard InChI is InChI=1S/C12H25NO2/c1-9(2)10(3)11(15)13-8-12(4,5)6-7-14/h9-10,14H,6-8H2,1-5H3,(H,13,15). The molecule has 1 amide bonds. The van der Waals surface area contributed by atoms with E-state index in [-0.39, 0.29) is 23.8 Å². The SMILES string of the molecule is CC(C)C(C)C(=O)NCC(C)(C)CCO. The van der Waals surface area contributed by atoms with Crippen LogP contribution >= 0.6 is 0 Å². The first kappa shape index (κ1) is 14.4. The highest BCUT2D eigenvalue weighted by Gasteiger charge is 2.21. The van der Waals surface area contributed by atoms with Crippen LogP contribution in [-0.2, 0) is 4.79 Å². The van der Waals surface area contributed by atoms with Crippen LogP contribution in [0, 0.1) is 17.3 Å². The van der Waals surface area contributed by atoms with Gasteiger partial charge in [-0.2, -0.15) is 0 Å². The monoisotopic (exact) mass is 215 g/mol. The van der Waals surface area contributed by atoms with Crippen molar-refractivity contribution in [2.75, 3.05) is 13.2 Å². The Morgan fingerprint density at radius 2 is 1.87 bits per heavy atom. The molecule has 0 aromatic carbocycles. The van der Waals surface area contributed by atoms with Crippen LogP contribution in [0.2, 0.25) is 0 Å². The number of carbonyl (C=O) groups is 1. The Balaban J connectivity index is 4.00. The number of carbonyl (C=O) groups excluding carboxylic acids is 1. The summed E-state index contributed by atoms with van der Waals surface area (Å²) in [6.07, 6.45) is 0.712. The van der Waals surface area contributed by atoms with Gasteiger partial charge in [-0.25, -0.2) is 0 Å². The first-order chi connectivity index (χ1) is 6.80. The number of nitrogens with one attached hydrogen (secondary N) is 1. The number of amides is 1. The fourth-order valence-electron chi connectivity index (χ4n) is 1.18. The van der Waals surface area contributed by atoms with E-state index in [2.05, 4.69) is 5.32 Å². The van der Waals surface area contributed by atoms with Crippen molar-refractivity contribution in [3.8, 4) is 0 Å². The summed E-state index contributed by atoms with van der Waals surface area (Å²) >= 11 is 0. The molecule has 90 valence electrons. The molecule has 0 aliphatic heterocycles. The maximum atomic E-state index is 11.7. The zero-order valence-corrected chi connectivity index (χ0v) is 10.6. The molecule has 0 fully saturated rings. The van der Waals surface area contributed by atoms with Crippen LogP contribution in [0.5, 0.6) is 0 Å². The first-order valence-corrected chi connectivity index (χ1v) is 5.69. The van der Waals surface area contributed by atoms with Crippen molar-refractivity contribution in [1.29, 1.82) is 0 Å². The van der Waals surface area contributed by atoms with Crippen LogP contribution in [0.3, 0.4) is 0 Å². The first-order valence-electron chi connectivity index (χ1n) is 5.69. The average molecular weight is 215 g/mol. The molecule has 0 heterocycles. The summed E-state index contributed by atoms with van der Waals surface area (Å²) in [5.74, 6) is 0.525. The van der Waals surface area contributed by atoms with Gasteiger partial charge in [-0.1, -0.05) is 34.6 Å². The molecular formula is C12H25NO2. The number of aliphatic hydroxyl groups excluding tert-OH is 1. The number of hydrogen-bond donors (Lipinski definition) is 2. The molecule has 0 aromatic heterocycles. The summed E-state index contributed by atoms with van der Waals surface area (Å²) in [5.41, 5.74) is -0.0267. The zero-order valence-electron chi connectivity index (χ0n) is 10.6. The van der Waals surface area contributed by atoms with Gasteiger partial charge in [0.05, 0.1) is 0 Å². The predicted molar refractivity (Wildman–Crippen MR) is 62.5 cm³/mol. The van der Waals surface area contributed by atoms with Crippen molar-refractivity contribution < 1.29 is 9.90 Å². The number of aliphatic hydroxyl groups is 1. The Hall–Kier alpha value is -0.570. The molecule has 1 unspecified atom stereocenters. The largest absolute Gasteiger partial charge is 0.396 e. The van der Waals surface area contributed by atoms with Crippen molar-refractivity contribution in [1.82, 2.24) is 5.32 Å². The molecule has 3 heteroatoms. The van der Waals surface area contributed by atoms with Crippen molar-refractivity contribution >= 4 is 5.91 Å². The Labute approximate surface area is 93.3 Å². The summed E-state index contributed by atoms with van der Waals surface area (Å²) in [5, 5.41) is 11.8. The lowest BCUT2D eigenvalue weighted by Gasteiger charge is -2.25. The van der Waals surface area contributed by atoms with Crippen LogP contribution in [0.15, 0.2) is 0 Å². The van der Waals surface area contributed by atoms with Crippen molar-refractivity contribution in [2.24, 2.45) is 17.3 Å². The minimum Gasteiger partial charge on any atom is -0.396 e. The van der Waals surface area contributed by atoms with Crippen molar-refractivity contribution in [2.45, 2.75) is 41.0 Å². The smallest absolute Gasteiger partial charge is 0.223 e. The van der Waals surface area contributed by atoms with Gasteiger partial charge in [0.2, 0.25) is 5.91 Å². The van der Waals surface area contributed by atoms with E-state index in [9.17, 15) is 4.79 Å². The molecule has 0 saturated carbocycles. The number of hydrogen-bond acceptors (Lipinski definition) is 2. The van der Waals surface area contributed by atoms with E-state index in [1.54, 1.807) is 0 Å². The minimum absolute atomic E-state index is 0.0267. The quantitative estimate of drug-likeness (QED) is 0.710. The summed E-state index contributed by atoms with van der Waals surface area (Å²) in [7, 11) is 0. The second-order valence-corrected chi connectivity index (χ2v) is 5.39. The third kappa shape index (κ3) is 5.78. The summed E-state index contributed by atoms with van der Waals surface area (Å²) in [6, 6.07) is 0. The second-order valence-electron chi connectivity index (χ2n) is 5.39. The Bertz CT molecular complexity index is 200. The van der Waals surface area contributed by atoms with E-state index in [0.29, 0.717) is 18.9 Å². The highest BCUT2D eigenvalue weighted by Crippen LogP contribution is 2.18. The van der Waals surface area contributed by atoms with Crippen LogP contribution in [0.25, 0.3) is 0 Å². The van der Waals surface area contributed by atoms with E-state index < -0.39 is 0 Å². The van der Waals surface area contributed by atoms with Gasteiger partial charge in [-0.15, -0.1) is 0 Å². The van der Waals surface area contributed by atoms with E-state index >= 15 is 0 Å². The van der Waals surface area contributed by atoms with Crippen LogP contribution in [0.1, 0.15) is 41.0 Å². The van der Waals surface area contributed by atoms with E-state index in [4.69, 9.17) is 5.11 Å². The number of rotatable bonds is 6. The molecule has 3 nitrogen and oxygen atoms in total. The Morgan fingerprint density at radius 3 is 2.27 bits per heavy atom. The van der Waals surface area contributed by atoms with Gasteiger partial charge in [0.15, 0.2) is 0 Å². The minimum atomic E-state index is -0.0267. The predicted octanol–water partition coefficient (Wildman–Crippen LogP) is 1.80. The normalized spacial score (nSPS) is 14.1. The van der Waals surface area contributed by atoms with Crippen LogP contribution < -0.4 is 5.32 Å². The van der Waals surface area contributed by atoms with Gasteiger partial charge >= 0.3 is 0 Å². The molecule has 0 spiro atoms. The molecule has 2 N–H and O–H groups in total. The summed E-state index contributed by atoms with van der Waals surface area (Å²) in [6.45, 7) is 10.9. The average Bonchev–Trinajstić information content (AvgIpc) is 2.13. The highest BCUT2D eigenvalue weighted by atomic mass is 16.3. The van der Waals surface area contributed by atoms with Gasteiger partial charge < -0.3 is 10.4 Å². The molecule has 0 aromatic rings. The van der Waals surface area contributed by atoms with Crippen molar-refractivity contribution in [3.05, 3.63) is 0 Å². The lowest BCUT2D eigenvalue weighted by atomic mass is 9.89. The molecule has 0 aliphatic carbocycles. The van der Waals surface area contributed by atoms with E-state index in [0.717, 1.165) is 0 Å². The molecule has 0 radical (unpaired) electrons. The summed E-state index contributed by atoms with van der Waals surface area (Å²) in [4.78, 5) is 11.7. The highest BCUT2D eigenvalue weighted by molar-refractivity contribution is 5.78. The Morgan fingerprint density at radius 1 is 1.33 bits per heavy atom. The molecule has 0 aliphatic rings. The van der Waals surface area contributed by atoms with Crippen LogP contribution in [0.4, 0.5) is 0 Å². The van der Waals surface area contributed by atoms with Gasteiger partial charge in [-0.3, -0.25) is 4.79 Å². The van der Waals surface area contributed by atoms with Gasteiger partial charge in [0, 0.05) is 19.1 Å². The lowest BCUT2D eigenvalue weighted by Crippen LogP contribution is -2.38. The van der Waals surface area contributed by atoms with Gasteiger partial charge in [-0.05, 0) is 17.8 Å². The third-order valence-corrected chi connectivity index (χ3v) is 2.94. The fourth-order valence-corrected chi connectivity index (χ4v) is 1.18. The fraction of sp³-hybridized carbons (Fsp3) is 0.917. The second kappa shape index (κ2) is 6.11. The maximum Gasteiger partial charge on any atom is 0.223 e. The zero-order chi connectivity index (χ0) is 12.1. The molecule has 0 saturated heterocycles. The van der Waals surface area contributed by atoms with Gasteiger partial charge in [0.25, 0.3) is 0 Å². The molecular weight excluding hydrogens is 190 g/mol. The lowest BCUT2D eigenvalue weighted by molar-refractivity contribution is -0.126. The molecule has 15 heavy (non-hydrogen) atoms. The third-order valence-electron chi connectivity index (χ3n) is 2.94. The topological polar surface area (TPSA) is 49.3 Å². The Kier molecular flexibility index (Phi) is 5.88. The molecule has 0 rings (SSSR count). The molecule has 1 atom stereocenters. The van der Waals surface area contributed by atoms with E-state index in [1.807, 2.05) is 34.6 Å². The molecule has 0 bridgehead atoms.